The number of benzene rings is 2. The van der Waals surface area contributed by atoms with Gasteiger partial charge in [0.25, 0.3) is 0 Å². The molecule has 4 nitrogen and oxygen atoms in total. The van der Waals surface area contributed by atoms with Gasteiger partial charge in [0.1, 0.15) is 11.6 Å². The highest BCUT2D eigenvalue weighted by Crippen LogP contribution is 2.55. The lowest BCUT2D eigenvalue weighted by molar-refractivity contribution is 0.0745. The first-order chi connectivity index (χ1) is 15.3. The van der Waals surface area contributed by atoms with Crippen LogP contribution in [0.3, 0.4) is 0 Å². The van der Waals surface area contributed by atoms with E-state index in [2.05, 4.69) is 62.6 Å². The van der Waals surface area contributed by atoms with E-state index in [1.54, 1.807) is 11.8 Å². The summed E-state index contributed by atoms with van der Waals surface area (Å²) in [6.45, 7) is 13.6. The summed E-state index contributed by atoms with van der Waals surface area (Å²) in [4.78, 5) is 11.1. The molecule has 0 aliphatic carbocycles. The van der Waals surface area contributed by atoms with Crippen LogP contribution >= 0.6 is 11.8 Å². The van der Waals surface area contributed by atoms with E-state index < -0.39 is 0 Å². The molecule has 2 atom stereocenters. The topological polar surface area (TPSA) is 28.1 Å². The number of nitrogens with zero attached hydrogens (tertiary/aromatic N) is 3. The maximum Gasteiger partial charge on any atom is 0.169 e. The van der Waals surface area contributed by atoms with E-state index in [0.29, 0.717) is 6.61 Å². The second-order valence-corrected chi connectivity index (χ2v) is 10.4. The standard InChI is InChI=1S/C26H30FN3OS/c1-6-29(7-2)19-12-13-20-22(14-19)31-15-21-23(20)28-25-30(26(21,4)5)24(16(3)32-25)17-8-10-18(27)11-9-17/h8-14,21,23H,6-7,15H2,1-5H3. The number of halogens is 1. The Bertz CT molecular complexity index is 1100. The fourth-order valence-electron chi connectivity index (χ4n) is 5.24. The van der Waals surface area contributed by atoms with Gasteiger partial charge in [0.2, 0.25) is 0 Å². The maximum atomic E-state index is 13.6. The average molecular weight is 452 g/mol. The summed E-state index contributed by atoms with van der Waals surface area (Å²) in [6, 6.07) is 13.4. The fraction of sp³-hybridized carbons (Fsp3) is 0.423. The minimum atomic E-state index is -0.217. The van der Waals surface area contributed by atoms with E-state index in [0.717, 1.165) is 35.3 Å². The molecular weight excluding hydrogens is 421 g/mol. The molecule has 168 valence electrons. The van der Waals surface area contributed by atoms with Crippen molar-refractivity contribution in [3.05, 3.63) is 64.3 Å². The number of ether oxygens (including phenoxy) is 1. The van der Waals surface area contributed by atoms with E-state index in [1.165, 1.54) is 28.3 Å². The quantitative estimate of drug-likeness (QED) is 0.545. The Morgan fingerprint density at radius 2 is 1.88 bits per heavy atom. The van der Waals surface area contributed by atoms with Crippen molar-refractivity contribution in [2.24, 2.45) is 10.9 Å². The molecule has 32 heavy (non-hydrogen) atoms. The molecule has 3 heterocycles. The predicted octanol–water partition coefficient (Wildman–Crippen LogP) is 6.31. The molecule has 2 unspecified atom stereocenters. The normalized spacial score (nSPS) is 23.2. The van der Waals surface area contributed by atoms with Gasteiger partial charge in [-0.25, -0.2) is 4.39 Å². The van der Waals surface area contributed by atoms with Gasteiger partial charge in [-0.05, 0) is 70.5 Å². The number of aliphatic imine (C=N–C) groups is 1. The number of allylic oxidation sites excluding steroid dienone is 1. The highest BCUT2D eigenvalue weighted by atomic mass is 32.2. The third-order valence-electron chi connectivity index (χ3n) is 7.09. The lowest BCUT2D eigenvalue weighted by atomic mass is 9.75. The molecule has 0 spiro atoms. The van der Waals surface area contributed by atoms with Gasteiger partial charge in [0.15, 0.2) is 5.17 Å². The Kier molecular flexibility index (Phi) is 5.24. The molecule has 5 rings (SSSR count). The first-order valence-electron chi connectivity index (χ1n) is 11.4. The van der Waals surface area contributed by atoms with E-state index in [-0.39, 0.29) is 23.3 Å². The molecule has 0 aromatic heterocycles. The number of thioether (sulfide) groups is 1. The zero-order valence-electron chi connectivity index (χ0n) is 19.4. The molecule has 0 bridgehead atoms. The molecule has 6 heteroatoms. The summed E-state index contributed by atoms with van der Waals surface area (Å²) >= 11 is 1.72. The summed E-state index contributed by atoms with van der Waals surface area (Å²) in [5, 5.41) is 1.02. The van der Waals surface area contributed by atoms with Crippen molar-refractivity contribution in [1.29, 1.82) is 0 Å². The van der Waals surface area contributed by atoms with Gasteiger partial charge in [-0.1, -0.05) is 17.8 Å². The van der Waals surface area contributed by atoms with Crippen molar-refractivity contribution in [1.82, 2.24) is 4.90 Å². The fourth-order valence-corrected chi connectivity index (χ4v) is 6.41. The number of anilines is 1. The SMILES string of the molecule is CCN(CC)c1ccc2c(c1)OCC1C2N=C2SC(C)=C(c3ccc(F)cc3)N2C1(C)C. The first kappa shape index (κ1) is 21.4. The second kappa shape index (κ2) is 7.84. The third kappa shape index (κ3) is 3.22. The number of fused-ring (bicyclic) bond motifs is 4. The van der Waals surface area contributed by atoms with Crippen LogP contribution in [-0.2, 0) is 0 Å². The molecule has 3 aliphatic rings. The van der Waals surface area contributed by atoms with Gasteiger partial charge in [0, 0.05) is 46.8 Å². The molecule has 0 saturated heterocycles. The molecule has 2 aromatic rings. The van der Waals surface area contributed by atoms with Crippen LogP contribution in [0.4, 0.5) is 10.1 Å². The lowest BCUT2D eigenvalue weighted by Crippen LogP contribution is -2.56. The van der Waals surface area contributed by atoms with Crippen molar-refractivity contribution >= 4 is 28.3 Å². The summed E-state index contributed by atoms with van der Waals surface area (Å²) < 4.78 is 19.9. The van der Waals surface area contributed by atoms with Gasteiger partial charge >= 0.3 is 0 Å². The largest absolute Gasteiger partial charge is 0.493 e. The number of rotatable bonds is 4. The summed E-state index contributed by atoms with van der Waals surface area (Å²) in [7, 11) is 0. The molecular formula is C26H30FN3OS. The van der Waals surface area contributed by atoms with Crippen LogP contribution in [0.2, 0.25) is 0 Å². The zero-order chi connectivity index (χ0) is 22.6. The van der Waals surface area contributed by atoms with Gasteiger partial charge in [-0.3, -0.25) is 4.99 Å². The average Bonchev–Trinajstić information content (AvgIpc) is 3.11. The van der Waals surface area contributed by atoms with Crippen molar-refractivity contribution in [2.45, 2.75) is 46.2 Å². The van der Waals surface area contributed by atoms with Crippen molar-refractivity contribution in [3.8, 4) is 5.75 Å². The molecule has 0 amide bonds. The zero-order valence-corrected chi connectivity index (χ0v) is 20.2. The minimum absolute atomic E-state index is 0.0682. The molecule has 3 aliphatic heterocycles. The highest BCUT2D eigenvalue weighted by Gasteiger charge is 2.52. The van der Waals surface area contributed by atoms with Crippen LogP contribution < -0.4 is 9.64 Å². The third-order valence-corrected chi connectivity index (χ3v) is 8.06. The second-order valence-electron chi connectivity index (χ2n) is 9.17. The lowest BCUT2D eigenvalue weighted by Gasteiger charge is -2.51. The summed E-state index contributed by atoms with van der Waals surface area (Å²) in [5.74, 6) is 0.946. The van der Waals surface area contributed by atoms with E-state index >= 15 is 0 Å². The molecule has 0 fully saturated rings. The Hall–Kier alpha value is -2.47. The van der Waals surface area contributed by atoms with E-state index in [1.807, 2.05) is 12.1 Å². The van der Waals surface area contributed by atoms with Gasteiger partial charge in [-0.2, -0.15) is 0 Å². The molecule has 0 radical (unpaired) electrons. The minimum Gasteiger partial charge on any atom is -0.493 e. The number of hydrogen-bond acceptors (Lipinski definition) is 5. The van der Waals surface area contributed by atoms with Gasteiger partial charge < -0.3 is 14.5 Å². The molecule has 0 saturated carbocycles. The first-order valence-corrected chi connectivity index (χ1v) is 12.2. The van der Waals surface area contributed by atoms with Crippen molar-refractivity contribution < 1.29 is 9.13 Å². The molecule has 2 aromatic carbocycles. The monoisotopic (exact) mass is 451 g/mol. The Morgan fingerprint density at radius 1 is 1.16 bits per heavy atom. The van der Waals surface area contributed by atoms with Crippen molar-refractivity contribution in [2.75, 3.05) is 24.6 Å². The Morgan fingerprint density at radius 3 is 2.56 bits per heavy atom. The van der Waals surface area contributed by atoms with Crippen LogP contribution in [0.1, 0.15) is 51.8 Å². The van der Waals surface area contributed by atoms with Gasteiger partial charge in [-0.15, -0.1) is 0 Å². The van der Waals surface area contributed by atoms with Crippen LogP contribution in [0.15, 0.2) is 52.4 Å². The number of amidine groups is 1. The maximum absolute atomic E-state index is 13.6. The van der Waals surface area contributed by atoms with Crippen LogP contribution in [-0.4, -0.2) is 35.3 Å². The smallest absolute Gasteiger partial charge is 0.169 e. The van der Waals surface area contributed by atoms with Gasteiger partial charge in [0.05, 0.1) is 18.3 Å². The van der Waals surface area contributed by atoms with E-state index in [9.17, 15) is 4.39 Å². The van der Waals surface area contributed by atoms with Crippen molar-refractivity contribution in [3.63, 3.8) is 0 Å². The van der Waals surface area contributed by atoms with Crippen LogP contribution in [0.25, 0.3) is 5.70 Å². The van der Waals surface area contributed by atoms with Crippen LogP contribution in [0, 0.1) is 11.7 Å². The molecule has 0 N–H and O–H groups in total. The number of hydrogen-bond donors (Lipinski definition) is 0. The highest BCUT2D eigenvalue weighted by molar-refractivity contribution is 8.17. The van der Waals surface area contributed by atoms with Crippen LogP contribution in [0.5, 0.6) is 5.75 Å². The summed E-state index contributed by atoms with van der Waals surface area (Å²) in [6.07, 6.45) is 0. The Balaban J connectivity index is 1.56. The Labute approximate surface area is 194 Å². The van der Waals surface area contributed by atoms with E-state index in [4.69, 9.17) is 9.73 Å². The predicted molar refractivity (Wildman–Crippen MR) is 132 cm³/mol. The summed E-state index contributed by atoms with van der Waals surface area (Å²) in [5.41, 5.74) is 4.31.